The van der Waals surface area contributed by atoms with Crippen LogP contribution in [0.3, 0.4) is 0 Å². The van der Waals surface area contributed by atoms with E-state index < -0.39 is 15.6 Å². The lowest BCUT2D eigenvalue weighted by molar-refractivity contribution is -0.0500. The van der Waals surface area contributed by atoms with Crippen molar-refractivity contribution in [1.29, 1.82) is 0 Å². The first-order chi connectivity index (χ1) is 11.7. The van der Waals surface area contributed by atoms with Gasteiger partial charge in [-0.25, -0.2) is 0 Å². The van der Waals surface area contributed by atoms with Gasteiger partial charge in [-0.05, 0) is 30.7 Å². The van der Waals surface area contributed by atoms with Crippen LogP contribution in [0.15, 0.2) is 48.5 Å². The predicted molar refractivity (Wildman–Crippen MR) is 86.7 cm³/mol. The Labute approximate surface area is 144 Å². The number of hydrogen-bond donors (Lipinski definition) is 0. The molecular formula is C17H16F3NO3S. The van der Waals surface area contributed by atoms with Crippen LogP contribution in [0.5, 0.6) is 5.75 Å². The second-order valence-electron chi connectivity index (χ2n) is 5.86. The lowest BCUT2D eigenvalue weighted by Gasteiger charge is -2.36. The molecule has 134 valence electrons. The SMILES string of the molecule is CN1CCc2cccc(OS(=O)(=O)C(F)(F)F)c2[C@@H]1c1ccccc1. The Morgan fingerprint density at radius 3 is 2.40 bits per heavy atom. The Morgan fingerprint density at radius 2 is 1.76 bits per heavy atom. The van der Waals surface area contributed by atoms with Crippen LogP contribution in [0.25, 0.3) is 0 Å². The molecule has 0 aromatic heterocycles. The summed E-state index contributed by atoms with van der Waals surface area (Å²) in [6.07, 6.45) is 0.596. The average Bonchev–Trinajstić information content (AvgIpc) is 2.55. The quantitative estimate of drug-likeness (QED) is 0.612. The van der Waals surface area contributed by atoms with Crippen LogP contribution in [0, 0.1) is 0 Å². The van der Waals surface area contributed by atoms with Crippen molar-refractivity contribution in [2.24, 2.45) is 0 Å². The minimum atomic E-state index is -5.73. The van der Waals surface area contributed by atoms with E-state index in [4.69, 9.17) is 0 Å². The molecule has 0 bridgehead atoms. The average molecular weight is 371 g/mol. The van der Waals surface area contributed by atoms with Crippen LogP contribution in [0.2, 0.25) is 0 Å². The maximum absolute atomic E-state index is 12.7. The summed E-state index contributed by atoms with van der Waals surface area (Å²) in [6, 6.07) is 13.4. The normalized spacial score (nSPS) is 18.6. The standard InChI is InChI=1S/C17H16F3NO3S/c1-21-11-10-12-8-5-9-14(24-25(22,23)17(18,19)20)15(12)16(21)13-6-3-2-4-7-13/h2-9,16H,10-11H2,1H3/t16-/m0/s1. The summed E-state index contributed by atoms with van der Waals surface area (Å²) in [7, 11) is -3.88. The van der Waals surface area contributed by atoms with Gasteiger partial charge in [0.15, 0.2) is 0 Å². The van der Waals surface area contributed by atoms with E-state index >= 15 is 0 Å². The second-order valence-corrected chi connectivity index (χ2v) is 7.39. The van der Waals surface area contributed by atoms with Crippen molar-refractivity contribution < 1.29 is 25.8 Å². The van der Waals surface area contributed by atoms with Crippen molar-refractivity contribution in [1.82, 2.24) is 4.90 Å². The molecule has 8 heteroatoms. The molecule has 4 nitrogen and oxygen atoms in total. The minimum Gasteiger partial charge on any atom is -0.376 e. The van der Waals surface area contributed by atoms with E-state index in [2.05, 4.69) is 4.18 Å². The zero-order valence-corrected chi connectivity index (χ0v) is 14.1. The molecule has 1 atom stereocenters. The van der Waals surface area contributed by atoms with E-state index in [-0.39, 0.29) is 11.8 Å². The summed E-state index contributed by atoms with van der Waals surface area (Å²) in [5.41, 5.74) is -3.39. The van der Waals surface area contributed by atoms with Crippen LogP contribution >= 0.6 is 0 Å². The summed E-state index contributed by atoms with van der Waals surface area (Å²) in [5, 5.41) is 0. The summed E-state index contributed by atoms with van der Waals surface area (Å²) in [4.78, 5) is 1.96. The van der Waals surface area contributed by atoms with Gasteiger partial charge in [-0.3, -0.25) is 4.90 Å². The maximum Gasteiger partial charge on any atom is 0.534 e. The fourth-order valence-electron chi connectivity index (χ4n) is 3.06. The number of halogens is 3. The Hall–Kier alpha value is -2.06. The lowest BCUT2D eigenvalue weighted by Crippen LogP contribution is -2.34. The first-order valence-corrected chi connectivity index (χ1v) is 8.99. The van der Waals surface area contributed by atoms with Crippen molar-refractivity contribution in [3.63, 3.8) is 0 Å². The maximum atomic E-state index is 12.7. The number of nitrogens with zero attached hydrogens (tertiary/aromatic N) is 1. The first-order valence-electron chi connectivity index (χ1n) is 7.58. The highest BCUT2D eigenvalue weighted by atomic mass is 32.2. The Bertz CT molecular complexity index is 866. The van der Waals surface area contributed by atoms with Gasteiger partial charge in [-0.15, -0.1) is 0 Å². The molecule has 0 N–H and O–H groups in total. The van der Waals surface area contributed by atoms with Gasteiger partial charge in [0.2, 0.25) is 0 Å². The van der Waals surface area contributed by atoms with Gasteiger partial charge in [0.05, 0.1) is 6.04 Å². The number of fused-ring (bicyclic) bond motifs is 1. The summed E-state index contributed by atoms with van der Waals surface area (Å²) < 4.78 is 65.6. The molecule has 0 amide bonds. The van der Waals surface area contributed by atoms with Gasteiger partial charge in [-0.2, -0.15) is 21.6 Å². The Morgan fingerprint density at radius 1 is 1.08 bits per heavy atom. The van der Waals surface area contributed by atoms with Crippen molar-refractivity contribution in [3.05, 3.63) is 65.2 Å². The van der Waals surface area contributed by atoms with Gasteiger partial charge in [0, 0.05) is 12.1 Å². The molecule has 0 saturated carbocycles. The Balaban J connectivity index is 2.13. The molecule has 3 rings (SSSR count). The molecule has 1 heterocycles. The van der Waals surface area contributed by atoms with E-state index in [1.165, 1.54) is 12.1 Å². The zero-order valence-electron chi connectivity index (χ0n) is 13.3. The number of likely N-dealkylation sites (N-methyl/N-ethyl adjacent to an activating group) is 1. The van der Waals surface area contributed by atoms with Gasteiger partial charge >= 0.3 is 15.6 Å². The third kappa shape index (κ3) is 3.36. The van der Waals surface area contributed by atoms with Gasteiger partial charge in [0.25, 0.3) is 0 Å². The molecule has 0 radical (unpaired) electrons. The summed E-state index contributed by atoms with van der Waals surface area (Å²) in [6.45, 7) is 0.696. The molecule has 25 heavy (non-hydrogen) atoms. The number of benzene rings is 2. The molecule has 1 aliphatic heterocycles. The van der Waals surface area contributed by atoms with Crippen molar-refractivity contribution in [2.75, 3.05) is 13.6 Å². The molecule has 1 aliphatic rings. The third-order valence-corrected chi connectivity index (χ3v) is 5.17. The van der Waals surface area contributed by atoms with Crippen molar-refractivity contribution in [2.45, 2.75) is 18.0 Å². The smallest absolute Gasteiger partial charge is 0.376 e. The predicted octanol–water partition coefficient (Wildman–Crippen LogP) is 3.49. The molecular weight excluding hydrogens is 355 g/mol. The molecule has 2 aromatic carbocycles. The minimum absolute atomic E-state index is 0.282. The number of rotatable bonds is 3. The van der Waals surface area contributed by atoms with E-state index in [9.17, 15) is 21.6 Å². The van der Waals surface area contributed by atoms with Crippen LogP contribution < -0.4 is 4.18 Å². The number of alkyl halides is 3. The molecule has 2 aromatic rings. The third-order valence-electron chi connectivity index (χ3n) is 4.20. The zero-order chi connectivity index (χ0) is 18.2. The van der Waals surface area contributed by atoms with E-state index in [0.717, 1.165) is 11.1 Å². The highest BCUT2D eigenvalue weighted by Gasteiger charge is 2.49. The topological polar surface area (TPSA) is 46.6 Å². The Kier molecular flexibility index (Phi) is 4.51. The summed E-state index contributed by atoms with van der Waals surface area (Å²) >= 11 is 0. The summed E-state index contributed by atoms with van der Waals surface area (Å²) in [5.74, 6) is -0.282. The van der Waals surface area contributed by atoms with Crippen molar-refractivity contribution in [3.8, 4) is 5.75 Å². The molecule has 0 fully saturated rings. The second kappa shape index (κ2) is 6.34. The van der Waals surface area contributed by atoms with E-state index in [1.54, 1.807) is 6.07 Å². The van der Waals surface area contributed by atoms with Gasteiger partial charge in [-0.1, -0.05) is 42.5 Å². The fourth-order valence-corrected chi connectivity index (χ4v) is 3.53. The van der Waals surface area contributed by atoms with Crippen LogP contribution in [0.1, 0.15) is 22.7 Å². The monoisotopic (exact) mass is 371 g/mol. The van der Waals surface area contributed by atoms with Gasteiger partial charge in [0.1, 0.15) is 5.75 Å². The van der Waals surface area contributed by atoms with Crippen molar-refractivity contribution >= 4 is 10.1 Å². The lowest BCUT2D eigenvalue weighted by atomic mass is 9.88. The van der Waals surface area contributed by atoms with Crippen LogP contribution in [0.4, 0.5) is 13.2 Å². The van der Waals surface area contributed by atoms with E-state index in [1.807, 2.05) is 42.3 Å². The molecule has 0 saturated heterocycles. The van der Waals surface area contributed by atoms with E-state index in [0.29, 0.717) is 18.5 Å². The molecule has 0 aliphatic carbocycles. The van der Waals surface area contributed by atoms with Gasteiger partial charge < -0.3 is 4.18 Å². The fraction of sp³-hybridized carbons (Fsp3) is 0.294. The van der Waals surface area contributed by atoms with Crippen LogP contribution in [-0.4, -0.2) is 32.4 Å². The highest BCUT2D eigenvalue weighted by Crippen LogP contribution is 2.41. The number of hydrogen-bond acceptors (Lipinski definition) is 4. The first kappa shape index (κ1) is 17.8. The molecule has 0 unspecified atom stereocenters. The van der Waals surface area contributed by atoms with Crippen LogP contribution in [-0.2, 0) is 16.5 Å². The highest BCUT2D eigenvalue weighted by molar-refractivity contribution is 7.88. The molecule has 0 spiro atoms. The largest absolute Gasteiger partial charge is 0.534 e.